The number of likely N-dealkylation sites (tertiary alicyclic amines) is 1. The molecule has 0 bridgehead atoms. The second kappa shape index (κ2) is 4.15. The standard InChI is InChI=1S/C10H13N3O4/c1-6(8(15)12-4-2-3-5-12)13-9(16)7(14)11-10(13)17/h6H,2-5H2,1H3,(H,11,14,17). The van der Waals surface area contributed by atoms with Gasteiger partial charge in [0, 0.05) is 13.1 Å². The average Bonchev–Trinajstić information content (AvgIpc) is 2.87. The van der Waals surface area contributed by atoms with Crippen LogP contribution in [-0.2, 0) is 14.4 Å². The molecule has 0 aromatic rings. The lowest BCUT2D eigenvalue weighted by Gasteiger charge is -2.24. The van der Waals surface area contributed by atoms with E-state index in [9.17, 15) is 19.2 Å². The van der Waals surface area contributed by atoms with E-state index < -0.39 is 23.9 Å². The third kappa shape index (κ3) is 1.88. The zero-order valence-corrected chi connectivity index (χ0v) is 9.43. The van der Waals surface area contributed by atoms with Crippen LogP contribution in [-0.4, -0.2) is 52.7 Å². The van der Waals surface area contributed by atoms with Crippen LogP contribution in [0.25, 0.3) is 0 Å². The third-order valence-corrected chi connectivity index (χ3v) is 3.01. The van der Waals surface area contributed by atoms with Crippen LogP contribution in [0.4, 0.5) is 4.79 Å². The van der Waals surface area contributed by atoms with E-state index in [1.54, 1.807) is 4.90 Å². The number of amides is 5. The van der Waals surface area contributed by atoms with E-state index >= 15 is 0 Å². The maximum Gasteiger partial charge on any atom is 0.332 e. The molecule has 0 aromatic heterocycles. The molecule has 92 valence electrons. The van der Waals surface area contributed by atoms with Gasteiger partial charge in [0.1, 0.15) is 6.04 Å². The van der Waals surface area contributed by atoms with Gasteiger partial charge < -0.3 is 4.90 Å². The van der Waals surface area contributed by atoms with Gasteiger partial charge in [0.25, 0.3) is 0 Å². The molecule has 2 rings (SSSR count). The van der Waals surface area contributed by atoms with Crippen LogP contribution in [0.2, 0.25) is 0 Å². The summed E-state index contributed by atoms with van der Waals surface area (Å²) < 4.78 is 0. The highest BCUT2D eigenvalue weighted by atomic mass is 16.2. The van der Waals surface area contributed by atoms with E-state index in [-0.39, 0.29) is 5.91 Å². The van der Waals surface area contributed by atoms with Crippen molar-refractivity contribution in [3.63, 3.8) is 0 Å². The molecule has 0 spiro atoms. The molecular weight excluding hydrogens is 226 g/mol. The molecule has 2 aliphatic heterocycles. The van der Waals surface area contributed by atoms with E-state index in [1.165, 1.54) is 6.92 Å². The minimum Gasteiger partial charge on any atom is -0.341 e. The molecule has 2 heterocycles. The first kappa shape index (κ1) is 11.6. The Labute approximate surface area is 97.7 Å². The molecule has 2 fully saturated rings. The van der Waals surface area contributed by atoms with Crippen LogP contribution in [0.5, 0.6) is 0 Å². The zero-order chi connectivity index (χ0) is 12.6. The summed E-state index contributed by atoms with van der Waals surface area (Å²) in [5.41, 5.74) is 0. The lowest BCUT2D eigenvalue weighted by molar-refractivity contribution is -0.145. The number of nitrogens with zero attached hydrogens (tertiary/aromatic N) is 2. The van der Waals surface area contributed by atoms with Crippen molar-refractivity contribution in [3.05, 3.63) is 0 Å². The first-order chi connectivity index (χ1) is 8.02. The molecule has 0 aromatic carbocycles. The van der Waals surface area contributed by atoms with Crippen molar-refractivity contribution in [2.24, 2.45) is 0 Å². The second-order valence-corrected chi connectivity index (χ2v) is 4.14. The minimum absolute atomic E-state index is 0.291. The predicted octanol–water partition coefficient (Wildman–Crippen LogP) is -0.924. The van der Waals surface area contributed by atoms with Crippen molar-refractivity contribution in [1.29, 1.82) is 0 Å². The Balaban J connectivity index is 2.11. The Bertz CT molecular complexity index is 400. The summed E-state index contributed by atoms with van der Waals surface area (Å²) in [4.78, 5) is 48.0. The van der Waals surface area contributed by atoms with Gasteiger partial charge in [-0.05, 0) is 19.8 Å². The van der Waals surface area contributed by atoms with Crippen molar-refractivity contribution in [2.75, 3.05) is 13.1 Å². The Hall–Kier alpha value is -1.92. The number of carbonyl (C=O) groups is 4. The monoisotopic (exact) mass is 239 g/mol. The van der Waals surface area contributed by atoms with Crippen LogP contribution in [0.3, 0.4) is 0 Å². The van der Waals surface area contributed by atoms with Gasteiger partial charge in [-0.3, -0.25) is 19.7 Å². The highest BCUT2D eigenvalue weighted by molar-refractivity contribution is 6.45. The molecule has 7 nitrogen and oxygen atoms in total. The van der Waals surface area contributed by atoms with E-state index in [2.05, 4.69) is 0 Å². The molecule has 0 radical (unpaired) electrons. The molecule has 1 atom stereocenters. The molecule has 2 aliphatic rings. The molecule has 2 saturated heterocycles. The van der Waals surface area contributed by atoms with Gasteiger partial charge in [-0.2, -0.15) is 0 Å². The van der Waals surface area contributed by atoms with Gasteiger partial charge in [0.05, 0.1) is 0 Å². The number of nitrogens with one attached hydrogen (secondary N) is 1. The summed E-state index contributed by atoms with van der Waals surface area (Å²) in [5.74, 6) is -2.23. The maximum atomic E-state index is 12.0. The summed E-state index contributed by atoms with van der Waals surface area (Å²) in [6.45, 7) is 2.73. The highest BCUT2D eigenvalue weighted by Gasteiger charge is 2.43. The fourth-order valence-electron chi connectivity index (χ4n) is 2.08. The maximum absolute atomic E-state index is 12.0. The first-order valence-corrected chi connectivity index (χ1v) is 5.49. The molecule has 0 aliphatic carbocycles. The summed E-state index contributed by atoms with van der Waals surface area (Å²) in [6.07, 6.45) is 1.86. The molecule has 0 saturated carbocycles. The van der Waals surface area contributed by atoms with Crippen molar-refractivity contribution in [1.82, 2.24) is 15.1 Å². The van der Waals surface area contributed by atoms with E-state index in [1.807, 2.05) is 5.32 Å². The fraction of sp³-hybridized carbons (Fsp3) is 0.600. The Kier molecular flexibility index (Phi) is 2.83. The number of hydrogen-bond acceptors (Lipinski definition) is 4. The summed E-state index contributed by atoms with van der Waals surface area (Å²) in [6, 6.07) is -1.74. The number of urea groups is 1. The van der Waals surface area contributed by atoms with E-state index in [0.717, 1.165) is 12.8 Å². The fourth-order valence-corrected chi connectivity index (χ4v) is 2.08. The largest absolute Gasteiger partial charge is 0.341 e. The second-order valence-electron chi connectivity index (χ2n) is 4.14. The van der Waals surface area contributed by atoms with Crippen LogP contribution in [0.1, 0.15) is 19.8 Å². The van der Waals surface area contributed by atoms with Gasteiger partial charge in [0.2, 0.25) is 5.91 Å². The van der Waals surface area contributed by atoms with Crippen LogP contribution < -0.4 is 5.32 Å². The molecule has 17 heavy (non-hydrogen) atoms. The summed E-state index contributed by atoms with van der Waals surface area (Å²) in [5, 5.41) is 1.87. The Morgan fingerprint density at radius 2 is 1.82 bits per heavy atom. The lowest BCUT2D eigenvalue weighted by atomic mass is 10.2. The molecule has 7 heteroatoms. The average molecular weight is 239 g/mol. The first-order valence-electron chi connectivity index (χ1n) is 5.49. The predicted molar refractivity (Wildman–Crippen MR) is 55.7 cm³/mol. The molecule has 1 unspecified atom stereocenters. The SMILES string of the molecule is CC(C(=O)N1CCCC1)N1C(=O)NC(=O)C1=O. The normalized spacial score (nSPS) is 22.1. The van der Waals surface area contributed by atoms with Gasteiger partial charge >= 0.3 is 17.8 Å². The topological polar surface area (TPSA) is 86.8 Å². The van der Waals surface area contributed by atoms with Crippen LogP contribution in [0.15, 0.2) is 0 Å². The number of carbonyl (C=O) groups excluding carboxylic acids is 4. The third-order valence-electron chi connectivity index (χ3n) is 3.01. The molecule has 5 amide bonds. The smallest absolute Gasteiger partial charge is 0.332 e. The highest BCUT2D eigenvalue weighted by Crippen LogP contribution is 2.14. The number of imide groups is 2. The lowest BCUT2D eigenvalue weighted by Crippen LogP contribution is -2.49. The zero-order valence-electron chi connectivity index (χ0n) is 9.43. The van der Waals surface area contributed by atoms with Gasteiger partial charge in [-0.1, -0.05) is 0 Å². The minimum atomic E-state index is -0.976. The summed E-state index contributed by atoms with van der Waals surface area (Å²) in [7, 11) is 0. The van der Waals surface area contributed by atoms with Crippen molar-refractivity contribution < 1.29 is 19.2 Å². The number of hydrogen-bond donors (Lipinski definition) is 1. The van der Waals surface area contributed by atoms with Crippen LogP contribution >= 0.6 is 0 Å². The van der Waals surface area contributed by atoms with Crippen molar-refractivity contribution >= 4 is 23.8 Å². The van der Waals surface area contributed by atoms with Gasteiger partial charge in [-0.15, -0.1) is 0 Å². The molecule has 1 N–H and O–H groups in total. The summed E-state index contributed by atoms with van der Waals surface area (Å²) >= 11 is 0. The van der Waals surface area contributed by atoms with Crippen molar-refractivity contribution in [2.45, 2.75) is 25.8 Å². The van der Waals surface area contributed by atoms with Gasteiger partial charge in [0.15, 0.2) is 0 Å². The Morgan fingerprint density at radius 1 is 1.24 bits per heavy atom. The van der Waals surface area contributed by atoms with Crippen LogP contribution in [0, 0.1) is 0 Å². The van der Waals surface area contributed by atoms with E-state index in [4.69, 9.17) is 0 Å². The molecular formula is C10H13N3O4. The number of rotatable bonds is 2. The van der Waals surface area contributed by atoms with Crippen molar-refractivity contribution in [3.8, 4) is 0 Å². The van der Waals surface area contributed by atoms with E-state index in [0.29, 0.717) is 18.0 Å². The Morgan fingerprint density at radius 3 is 2.29 bits per heavy atom. The van der Waals surface area contributed by atoms with Gasteiger partial charge in [-0.25, -0.2) is 9.69 Å². The quantitative estimate of drug-likeness (QED) is 0.498.